The van der Waals surface area contributed by atoms with Crippen LogP contribution in [-0.2, 0) is 28.0 Å². The second-order valence-corrected chi connectivity index (χ2v) is 9.34. The monoisotopic (exact) mass is 420 g/mol. The summed E-state index contributed by atoms with van der Waals surface area (Å²) in [6.45, 7) is 7.53. The Morgan fingerprint density at radius 3 is 2.65 bits per heavy atom. The van der Waals surface area contributed by atoms with Crippen molar-refractivity contribution in [3.63, 3.8) is 0 Å². The van der Waals surface area contributed by atoms with E-state index in [-0.39, 0.29) is 5.91 Å². The smallest absolute Gasteiger partial charge is 0.233 e. The Bertz CT molecular complexity index is 924. The molecule has 0 bridgehead atoms. The highest BCUT2D eigenvalue weighted by atomic mass is 16.5. The van der Waals surface area contributed by atoms with E-state index in [1.807, 2.05) is 6.07 Å². The molecule has 3 aliphatic rings. The lowest BCUT2D eigenvalue weighted by molar-refractivity contribution is -0.129. The minimum absolute atomic E-state index is 0.114. The molecule has 3 heterocycles. The molecule has 2 aromatic rings. The van der Waals surface area contributed by atoms with Crippen LogP contribution < -0.4 is 10.2 Å². The number of nitrogens with zero attached hydrogens (tertiary/aromatic N) is 3. The molecule has 1 amide bonds. The first-order valence-corrected chi connectivity index (χ1v) is 11.5. The molecule has 1 saturated heterocycles. The lowest BCUT2D eigenvalue weighted by Gasteiger charge is -2.42. The summed E-state index contributed by atoms with van der Waals surface area (Å²) in [7, 11) is 0. The normalized spacial score (nSPS) is 24.4. The number of ether oxygens (including phenoxy) is 1. The van der Waals surface area contributed by atoms with Crippen LogP contribution in [0, 0.1) is 0 Å². The van der Waals surface area contributed by atoms with Crippen LogP contribution in [0.2, 0.25) is 0 Å². The van der Waals surface area contributed by atoms with E-state index in [0.29, 0.717) is 12.6 Å². The standard InChI is InChI=1S/C25H32N4O2/c1-25(24(30)26-21-8-5-9-21)18-28(16-19-6-3-2-4-7-19)17-20-10-11-22(27-23(20)25)29-12-14-31-15-13-29/h2-4,6-7,10-11,21H,5,8-9,12-18H2,1H3,(H,26,30). The molecular formula is C25H32N4O2. The summed E-state index contributed by atoms with van der Waals surface area (Å²) >= 11 is 0. The highest BCUT2D eigenvalue weighted by Gasteiger charge is 2.44. The van der Waals surface area contributed by atoms with Gasteiger partial charge in [0.05, 0.1) is 18.9 Å². The lowest BCUT2D eigenvalue weighted by atomic mass is 9.78. The zero-order chi connectivity index (χ0) is 21.3. The fourth-order valence-electron chi connectivity index (χ4n) is 4.90. The summed E-state index contributed by atoms with van der Waals surface area (Å²) in [5.74, 6) is 1.07. The van der Waals surface area contributed by atoms with Gasteiger partial charge in [-0.2, -0.15) is 0 Å². The predicted octanol–water partition coefficient (Wildman–Crippen LogP) is 2.86. The fourth-order valence-corrected chi connectivity index (χ4v) is 4.90. The first-order chi connectivity index (χ1) is 15.1. The van der Waals surface area contributed by atoms with Crippen molar-refractivity contribution >= 4 is 11.7 Å². The number of fused-ring (bicyclic) bond motifs is 1. The summed E-state index contributed by atoms with van der Waals surface area (Å²) in [5.41, 5.74) is 2.70. The number of pyridine rings is 1. The quantitative estimate of drug-likeness (QED) is 0.806. The molecule has 6 nitrogen and oxygen atoms in total. The summed E-state index contributed by atoms with van der Waals surface area (Å²) in [4.78, 5) is 23.3. The Morgan fingerprint density at radius 1 is 1.16 bits per heavy atom. The van der Waals surface area contributed by atoms with Crippen molar-refractivity contribution in [1.29, 1.82) is 0 Å². The molecule has 1 aromatic carbocycles. The molecule has 1 aromatic heterocycles. The number of hydrogen-bond donors (Lipinski definition) is 1. The van der Waals surface area contributed by atoms with E-state index in [4.69, 9.17) is 9.72 Å². The first-order valence-electron chi connectivity index (χ1n) is 11.5. The second kappa shape index (κ2) is 8.60. The number of anilines is 1. The Kier molecular flexibility index (Phi) is 5.67. The van der Waals surface area contributed by atoms with Crippen molar-refractivity contribution < 1.29 is 9.53 Å². The number of carbonyl (C=O) groups is 1. The van der Waals surface area contributed by atoms with Crippen LogP contribution in [0.4, 0.5) is 5.82 Å². The van der Waals surface area contributed by atoms with Gasteiger partial charge in [0.25, 0.3) is 0 Å². The number of amides is 1. The summed E-state index contributed by atoms with van der Waals surface area (Å²) in [6.07, 6.45) is 3.38. The van der Waals surface area contributed by atoms with Gasteiger partial charge in [0.1, 0.15) is 11.2 Å². The van der Waals surface area contributed by atoms with E-state index in [1.165, 1.54) is 12.0 Å². The van der Waals surface area contributed by atoms with Gasteiger partial charge in [-0.25, -0.2) is 4.98 Å². The van der Waals surface area contributed by atoms with E-state index in [2.05, 4.69) is 58.4 Å². The Hall–Kier alpha value is -2.44. The molecule has 164 valence electrons. The number of aromatic nitrogens is 1. The topological polar surface area (TPSA) is 57.7 Å². The minimum atomic E-state index is -0.666. The van der Waals surface area contributed by atoms with Gasteiger partial charge in [0, 0.05) is 38.8 Å². The van der Waals surface area contributed by atoms with E-state index in [9.17, 15) is 4.79 Å². The molecule has 1 saturated carbocycles. The van der Waals surface area contributed by atoms with Crippen molar-refractivity contribution in [3.05, 3.63) is 59.3 Å². The molecular weight excluding hydrogens is 388 g/mol. The lowest BCUT2D eigenvalue weighted by Crippen LogP contribution is -2.56. The maximum Gasteiger partial charge on any atom is 0.233 e. The molecule has 1 atom stereocenters. The maximum atomic E-state index is 13.6. The molecule has 1 N–H and O–H groups in total. The van der Waals surface area contributed by atoms with Gasteiger partial charge < -0.3 is 15.0 Å². The summed E-state index contributed by atoms with van der Waals surface area (Å²) in [5, 5.41) is 3.31. The van der Waals surface area contributed by atoms with Crippen LogP contribution in [0.15, 0.2) is 42.5 Å². The SMILES string of the molecule is CC1(C(=O)NC2CCC2)CN(Cc2ccccc2)Cc2ccc(N3CCOCC3)nc21. The van der Waals surface area contributed by atoms with Gasteiger partial charge in [-0.1, -0.05) is 36.4 Å². The van der Waals surface area contributed by atoms with E-state index in [1.54, 1.807) is 0 Å². The highest BCUT2D eigenvalue weighted by molar-refractivity contribution is 5.88. The van der Waals surface area contributed by atoms with E-state index in [0.717, 1.165) is 69.3 Å². The minimum Gasteiger partial charge on any atom is -0.378 e. The van der Waals surface area contributed by atoms with Crippen LogP contribution in [0.3, 0.4) is 0 Å². The molecule has 2 fully saturated rings. The van der Waals surface area contributed by atoms with Crippen molar-refractivity contribution in [2.45, 2.75) is 50.7 Å². The number of morpholine rings is 1. The van der Waals surface area contributed by atoms with Crippen molar-refractivity contribution in [1.82, 2.24) is 15.2 Å². The molecule has 0 radical (unpaired) electrons. The predicted molar refractivity (Wildman–Crippen MR) is 121 cm³/mol. The van der Waals surface area contributed by atoms with Gasteiger partial charge in [0.2, 0.25) is 5.91 Å². The van der Waals surface area contributed by atoms with Gasteiger partial charge >= 0.3 is 0 Å². The number of hydrogen-bond acceptors (Lipinski definition) is 5. The third-order valence-electron chi connectivity index (χ3n) is 6.95. The van der Waals surface area contributed by atoms with Crippen molar-refractivity contribution in [2.75, 3.05) is 37.7 Å². The molecule has 2 aliphatic heterocycles. The van der Waals surface area contributed by atoms with Crippen LogP contribution >= 0.6 is 0 Å². The Labute approximate surface area is 184 Å². The molecule has 1 unspecified atom stereocenters. The number of rotatable bonds is 5. The molecule has 1 aliphatic carbocycles. The second-order valence-electron chi connectivity index (χ2n) is 9.34. The highest BCUT2D eigenvalue weighted by Crippen LogP contribution is 2.36. The Morgan fingerprint density at radius 2 is 1.94 bits per heavy atom. The zero-order valence-corrected chi connectivity index (χ0v) is 18.3. The van der Waals surface area contributed by atoms with Crippen LogP contribution in [-0.4, -0.2) is 54.7 Å². The van der Waals surface area contributed by atoms with Crippen LogP contribution in [0.1, 0.15) is 43.0 Å². The number of carbonyl (C=O) groups excluding carboxylic acids is 1. The molecule has 5 rings (SSSR count). The number of benzene rings is 1. The van der Waals surface area contributed by atoms with E-state index >= 15 is 0 Å². The van der Waals surface area contributed by atoms with Gasteiger partial charge in [0.15, 0.2) is 0 Å². The average Bonchev–Trinajstić information content (AvgIpc) is 2.77. The van der Waals surface area contributed by atoms with Crippen molar-refractivity contribution in [3.8, 4) is 0 Å². The third-order valence-corrected chi connectivity index (χ3v) is 6.95. The third kappa shape index (κ3) is 4.19. The first kappa shape index (κ1) is 20.5. The molecule has 31 heavy (non-hydrogen) atoms. The van der Waals surface area contributed by atoms with Gasteiger partial charge in [-0.3, -0.25) is 9.69 Å². The van der Waals surface area contributed by atoms with Crippen LogP contribution in [0.5, 0.6) is 0 Å². The van der Waals surface area contributed by atoms with E-state index < -0.39 is 5.41 Å². The molecule has 0 spiro atoms. The maximum absolute atomic E-state index is 13.6. The Balaban J connectivity index is 1.46. The number of nitrogens with one attached hydrogen (secondary N) is 1. The van der Waals surface area contributed by atoms with Gasteiger partial charge in [-0.05, 0) is 43.4 Å². The fraction of sp³-hybridized carbons (Fsp3) is 0.520. The zero-order valence-electron chi connectivity index (χ0n) is 18.3. The van der Waals surface area contributed by atoms with Gasteiger partial charge in [-0.15, -0.1) is 0 Å². The van der Waals surface area contributed by atoms with Crippen LogP contribution in [0.25, 0.3) is 0 Å². The summed E-state index contributed by atoms with van der Waals surface area (Å²) < 4.78 is 5.51. The average molecular weight is 421 g/mol. The molecule has 6 heteroatoms. The summed E-state index contributed by atoms with van der Waals surface area (Å²) in [6, 6.07) is 15.1. The van der Waals surface area contributed by atoms with Crippen molar-refractivity contribution in [2.24, 2.45) is 0 Å². The largest absolute Gasteiger partial charge is 0.378 e.